The molecule has 2 aliphatic carbocycles. The minimum absolute atomic E-state index is 1.000. The van der Waals surface area contributed by atoms with Gasteiger partial charge in [0.15, 0.2) is 0 Å². The number of rotatable bonds is 0. The Morgan fingerprint density at radius 2 is 1.68 bits per heavy atom. The number of allylic oxidation sites excluding steroid dienone is 4. The molecule has 0 bridgehead atoms. The van der Waals surface area contributed by atoms with Gasteiger partial charge in [-0.2, -0.15) is 0 Å². The summed E-state index contributed by atoms with van der Waals surface area (Å²) in [7, 11) is 0. The molecule has 2 aliphatic rings. The van der Waals surface area contributed by atoms with Gasteiger partial charge in [-0.25, -0.2) is 0 Å². The lowest BCUT2D eigenvalue weighted by molar-refractivity contribution is 0.825. The monoisotopic (exact) mass is 266 g/mol. The van der Waals surface area contributed by atoms with Crippen molar-refractivity contribution in [3.63, 3.8) is 0 Å². The summed E-state index contributed by atoms with van der Waals surface area (Å²) in [5.41, 5.74) is 5.88. The first kappa shape index (κ1) is 11.3. The second kappa shape index (κ2) is 4.25. The summed E-state index contributed by atoms with van der Waals surface area (Å²) in [5.74, 6) is 0. The van der Waals surface area contributed by atoms with E-state index in [1.807, 2.05) is 0 Å². The maximum Gasteiger partial charge on any atom is 0.0190 e. The third kappa shape index (κ3) is 1.74. The van der Waals surface area contributed by atoms with Crippen molar-refractivity contribution < 1.29 is 0 Å². The summed E-state index contributed by atoms with van der Waals surface area (Å²) in [6, 6.07) is 13.2. The van der Waals surface area contributed by atoms with Gasteiger partial charge in [0.1, 0.15) is 0 Å². The standard InChI is InChI=1S/C18H15Cl/c19-14-8-5-13-7-9-16-15-4-2-1-3-12(15)6-10-17(16)18(13)11-14/h1-4,6,10-11H,5,7-9H2. The van der Waals surface area contributed by atoms with Crippen LogP contribution in [0.25, 0.3) is 16.3 Å². The van der Waals surface area contributed by atoms with Crippen LogP contribution in [0.1, 0.15) is 30.4 Å². The van der Waals surface area contributed by atoms with Crippen LogP contribution in [0.5, 0.6) is 0 Å². The summed E-state index contributed by atoms with van der Waals surface area (Å²) in [4.78, 5) is 0. The Hall–Kier alpha value is -1.53. The minimum atomic E-state index is 1.000. The minimum Gasteiger partial charge on any atom is -0.0891 e. The summed E-state index contributed by atoms with van der Waals surface area (Å²) >= 11 is 6.25. The van der Waals surface area contributed by atoms with Crippen LogP contribution in [-0.4, -0.2) is 0 Å². The van der Waals surface area contributed by atoms with E-state index in [1.54, 1.807) is 5.57 Å². The van der Waals surface area contributed by atoms with Crippen LogP contribution in [0.4, 0.5) is 0 Å². The Labute approximate surface area is 118 Å². The Morgan fingerprint density at radius 1 is 0.842 bits per heavy atom. The van der Waals surface area contributed by atoms with E-state index in [9.17, 15) is 0 Å². The molecule has 0 heterocycles. The fourth-order valence-corrected chi connectivity index (χ4v) is 3.60. The summed E-state index contributed by atoms with van der Waals surface area (Å²) in [6.45, 7) is 0. The largest absolute Gasteiger partial charge is 0.0891 e. The van der Waals surface area contributed by atoms with E-state index in [1.165, 1.54) is 40.3 Å². The van der Waals surface area contributed by atoms with E-state index < -0.39 is 0 Å². The smallest absolute Gasteiger partial charge is 0.0190 e. The quantitative estimate of drug-likeness (QED) is 0.594. The van der Waals surface area contributed by atoms with Crippen molar-refractivity contribution in [1.29, 1.82) is 0 Å². The second-order valence-corrected chi connectivity index (χ2v) is 5.91. The van der Waals surface area contributed by atoms with Gasteiger partial charge in [-0.1, -0.05) is 53.6 Å². The fraction of sp³-hybridized carbons (Fsp3) is 0.222. The molecular weight excluding hydrogens is 252 g/mol. The van der Waals surface area contributed by atoms with Crippen molar-refractivity contribution in [3.05, 3.63) is 64.2 Å². The Balaban J connectivity index is 2.01. The first-order chi connectivity index (χ1) is 9.33. The summed E-state index contributed by atoms with van der Waals surface area (Å²) in [5, 5.41) is 3.75. The van der Waals surface area contributed by atoms with Gasteiger partial charge in [-0.15, -0.1) is 0 Å². The van der Waals surface area contributed by atoms with Crippen LogP contribution >= 0.6 is 11.6 Å². The van der Waals surface area contributed by atoms with E-state index in [0.29, 0.717) is 0 Å². The molecule has 0 atom stereocenters. The van der Waals surface area contributed by atoms with Crippen LogP contribution in [0.2, 0.25) is 0 Å². The normalized spacial score (nSPS) is 18.1. The molecule has 0 saturated carbocycles. The zero-order chi connectivity index (χ0) is 12.8. The molecule has 0 amide bonds. The van der Waals surface area contributed by atoms with E-state index >= 15 is 0 Å². The van der Waals surface area contributed by atoms with Gasteiger partial charge in [0, 0.05) is 5.03 Å². The van der Waals surface area contributed by atoms with Gasteiger partial charge in [0.2, 0.25) is 0 Å². The van der Waals surface area contributed by atoms with E-state index in [2.05, 4.69) is 42.5 Å². The summed E-state index contributed by atoms with van der Waals surface area (Å²) in [6.07, 6.45) is 6.70. The SMILES string of the molecule is ClC1=CC2=C(CC1)CCc1c2ccc2ccccc12. The Morgan fingerprint density at radius 3 is 2.63 bits per heavy atom. The highest BCUT2D eigenvalue weighted by atomic mass is 35.5. The van der Waals surface area contributed by atoms with Crippen molar-refractivity contribution in [1.82, 2.24) is 0 Å². The third-order valence-corrected chi connectivity index (χ3v) is 4.65. The van der Waals surface area contributed by atoms with Gasteiger partial charge in [0.05, 0.1) is 0 Å². The Kier molecular flexibility index (Phi) is 2.53. The molecular formula is C18H15Cl. The fourth-order valence-electron chi connectivity index (χ4n) is 3.40. The number of benzene rings is 2. The lowest BCUT2D eigenvalue weighted by Crippen LogP contribution is -2.07. The van der Waals surface area contributed by atoms with E-state index in [0.717, 1.165) is 17.9 Å². The van der Waals surface area contributed by atoms with Gasteiger partial charge < -0.3 is 0 Å². The lowest BCUT2D eigenvalue weighted by atomic mass is 9.79. The molecule has 0 fully saturated rings. The molecule has 0 spiro atoms. The predicted octanol–water partition coefficient (Wildman–Crippen LogP) is 5.46. The molecule has 0 radical (unpaired) electrons. The molecule has 2 aromatic rings. The second-order valence-electron chi connectivity index (χ2n) is 5.42. The van der Waals surface area contributed by atoms with Gasteiger partial charge >= 0.3 is 0 Å². The molecule has 0 N–H and O–H groups in total. The van der Waals surface area contributed by atoms with Crippen LogP contribution in [0.3, 0.4) is 0 Å². The zero-order valence-electron chi connectivity index (χ0n) is 10.7. The molecule has 0 unspecified atom stereocenters. The molecule has 4 rings (SSSR count). The number of halogens is 1. The van der Waals surface area contributed by atoms with Gasteiger partial charge in [-0.05, 0) is 59.2 Å². The molecule has 0 saturated heterocycles. The van der Waals surface area contributed by atoms with Crippen molar-refractivity contribution in [2.45, 2.75) is 25.7 Å². The number of hydrogen-bond acceptors (Lipinski definition) is 0. The van der Waals surface area contributed by atoms with Crippen molar-refractivity contribution in [2.75, 3.05) is 0 Å². The topological polar surface area (TPSA) is 0 Å². The van der Waals surface area contributed by atoms with E-state index in [-0.39, 0.29) is 0 Å². The van der Waals surface area contributed by atoms with Crippen molar-refractivity contribution >= 4 is 27.9 Å². The Bertz CT molecular complexity index is 734. The molecule has 94 valence electrons. The van der Waals surface area contributed by atoms with Gasteiger partial charge in [-0.3, -0.25) is 0 Å². The van der Waals surface area contributed by atoms with Crippen LogP contribution in [0, 0.1) is 0 Å². The predicted molar refractivity (Wildman–Crippen MR) is 82.4 cm³/mol. The molecule has 1 heteroatoms. The maximum atomic E-state index is 6.25. The highest BCUT2D eigenvalue weighted by molar-refractivity contribution is 6.30. The highest BCUT2D eigenvalue weighted by Gasteiger charge is 2.21. The third-order valence-electron chi connectivity index (χ3n) is 4.35. The van der Waals surface area contributed by atoms with E-state index in [4.69, 9.17) is 11.6 Å². The van der Waals surface area contributed by atoms with Crippen LogP contribution < -0.4 is 0 Å². The summed E-state index contributed by atoms with van der Waals surface area (Å²) < 4.78 is 0. The number of fused-ring (bicyclic) bond motifs is 4. The van der Waals surface area contributed by atoms with Crippen LogP contribution in [-0.2, 0) is 6.42 Å². The average Bonchev–Trinajstić information content (AvgIpc) is 2.46. The van der Waals surface area contributed by atoms with Crippen molar-refractivity contribution in [2.24, 2.45) is 0 Å². The average molecular weight is 267 g/mol. The van der Waals surface area contributed by atoms with Gasteiger partial charge in [0.25, 0.3) is 0 Å². The molecule has 19 heavy (non-hydrogen) atoms. The van der Waals surface area contributed by atoms with Crippen molar-refractivity contribution in [3.8, 4) is 0 Å². The van der Waals surface area contributed by atoms with Crippen LogP contribution in [0.15, 0.2) is 53.1 Å². The first-order valence-corrected chi connectivity index (χ1v) is 7.30. The molecule has 0 aliphatic heterocycles. The number of aryl methyl sites for hydroxylation is 1. The number of hydrogen-bond donors (Lipinski definition) is 0. The lowest BCUT2D eigenvalue weighted by Gasteiger charge is -2.26. The maximum absolute atomic E-state index is 6.25. The molecule has 0 aromatic heterocycles. The highest BCUT2D eigenvalue weighted by Crippen LogP contribution is 2.41. The first-order valence-electron chi connectivity index (χ1n) is 6.92. The molecule has 2 aromatic carbocycles. The zero-order valence-corrected chi connectivity index (χ0v) is 11.5. The molecule has 0 nitrogen and oxygen atoms in total.